The zero-order chi connectivity index (χ0) is 20.8. The van der Waals surface area contributed by atoms with E-state index in [0.29, 0.717) is 33.7 Å². The molecule has 9 heteroatoms. The second kappa shape index (κ2) is 9.58. The minimum atomic E-state index is -0.207. The van der Waals surface area contributed by atoms with Crippen LogP contribution in [0.4, 0.5) is 10.5 Å². The van der Waals surface area contributed by atoms with Crippen LogP contribution in [0.25, 0.3) is 11.4 Å². The van der Waals surface area contributed by atoms with Crippen LogP contribution < -0.4 is 5.32 Å². The average Bonchev–Trinajstić information content (AvgIpc) is 3.17. The Morgan fingerprint density at radius 2 is 1.86 bits per heavy atom. The molecule has 0 aliphatic carbocycles. The van der Waals surface area contributed by atoms with Crippen molar-refractivity contribution in [2.75, 3.05) is 19.4 Å². The summed E-state index contributed by atoms with van der Waals surface area (Å²) in [6, 6.07) is 14.3. The number of halogens is 1. The maximum atomic E-state index is 12.4. The Kier molecular flexibility index (Phi) is 6.90. The summed E-state index contributed by atoms with van der Waals surface area (Å²) in [6.45, 7) is 0. The number of aromatic nitrogens is 2. The predicted molar refractivity (Wildman–Crippen MR) is 113 cm³/mol. The molecule has 0 fully saturated rings. The second-order valence-corrected chi connectivity index (χ2v) is 7.75. The first kappa shape index (κ1) is 20.9. The number of hydrogen-bond donors (Lipinski definition) is 1. The van der Waals surface area contributed by atoms with Gasteiger partial charge < -0.3 is 14.7 Å². The van der Waals surface area contributed by atoms with E-state index in [1.165, 1.54) is 4.90 Å². The number of anilines is 1. The first-order valence-electron chi connectivity index (χ1n) is 8.79. The molecule has 0 unspecified atom stereocenters. The molecule has 0 bridgehead atoms. The maximum absolute atomic E-state index is 12.4. The molecule has 3 aromatic rings. The van der Waals surface area contributed by atoms with Crippen molar-refractivity contribution < 1.29 is 14.1 Å². The minimum absolute atomic E-state index is 0.118. The van der Waals surface area contributed by atoms with E-state index in [2.05, 4.69) is 15.5 Å². The van der Waals surface area contributed by atoms with Gasteiger partial charge in [0.2, 0.25) is 17.6 Å². The van der Waals surface area contributed by atoms with E-state index in [1.807, 2.05) is 6.07 Å². The van der Waals surface area contributed by atoms with Gasteiger partial charge in [0.05, 0.1) is 5.69 Å². The number of thioether (sulfide) groups is 1. The zero-order valence-electron chi connectivity index (χ0n) is 15.9. The van der Waals surface area contributed by atoms with Gasteiger partial charge in [-0.3, -0.25) is 9.59 Å². The Morgan fingerprint density at radius 3 is 2.59 bits per heavy atom. The maximum Gasteiger partial charge on any atom is 0.286 e. The molecule has 0 aliphatic rings. The molecule has 2 aromatic carbocycles. The Bertz CT molecular complexity index is 1000. The Balaban J connectivity index is 1.58. The van der Waals surface area contributed by atoms with Gasteiger partial charge in [-0.25, -0.2) is 0 Å². The molecular formula is C20H19ClN4O3S. The highest BCUT2D eigenvalue weighted by atomic mass is 35.5. The van der Waals surface area contributed by atoms with Crippen LogP contribution in [0.1, 0.15) is 12.3 Å². The summed E-state index contributed by atoms with van der Waals surface area (Å²) in [5.41, 5.74) is 1.37. The number of carbonyl (C=O) groups excluding carboxylic acids is 2. The first-order valence-corrected chi connectivity index (χ1v) is 9.98. The highest BCUT2D eigenvalue weighted by Gasteiger charge is 2.14. The summed E-state index contributed by atoms with van der Waals surface area (Å²) in [5, 5.41) is 7.28. The lowest BCUT2D eigenvalue weighted by Gasteiger charge is -2.12. The summed E-state index contributed by atoms with van der Waals surface area (Å²) < 4.78 is 5.22. The van der Waals surface area contributed by atoms with Gasteiger partial charge in [0.1, 0.15) is 0 Å². The number of rotatable bonds is 6. The monoisotopic (exact) mass is 430 g/mol. The van der Waals surface area contributed by atoms with Crippen LogP contribution >= 0.6 is 23.4 Å². The lowest BCUT2D eigenvalue weighted by atomic mass is 10.2. The molecule has 3 rings (SSSR count). The third kappa shape index (κ3) is 5.82. The molecule has 0 atom stereocenters. The van der Waals surface area contributed by atoms with Crippen molar-refractivity contribution in [3.63, 3.8) is 0 Å². The Hall–Kier alpha value is -2.84. The quantitative estimate of drug-likeness (QED) is 0.568. The molecule has 1 heterocycles. The summed E-state index contributed by atoms with van der Waals surface area (Å²) in [4.78, 5) is 30.8. The highest BCUT2D eigenvalue weighted by Crippen LogP contribution is 2.28. The van der Waals surface area contributed by atoms with Gasteiger partial charge in [0, 0.05) is 42.4 Å². The number of benzene rings is 2. The molecule has 0 radical (unpaired) electrons. The largest absolute Gasteiger partial charge is 0.339 e. The average molecular weight is 431 g/mol. The third-order valence-corrected chi connectivity index (χ3v) is 5.23. The van der Waals surface area contributed by atoms with Crippen LogP contribution in [0.15, 0.2) is 57.9 Å². The van der Waals surface area contributed by atoms with Gasteiger partial charge in [0.15, 0.2) is 0 Å². The number of nitrogens with one attached hydrogen (secondary N) is 1. The Labute approximate surface area is 177 Å². The van der Waals surface area contributed by atoms with Crippen LogP contribution in [0.5, 0.6) is 0 Å². The van der Waals surface area contributed by atoms with Crippen molar-refractivity contribution in [3.05, 3.63) is 59.4 Å². The van der Waals surface area contributed by atoms with Crippen LogP contribution in [0.2, 0.25) is 5.02 Å². The number of carbonyl (C=O) groups is 2. The molecule has 0 saturated heterocycles. The van der Waals surface area contributed by atoms with Gasteiger partial charge in [-0.05, 0) is 48.2 Å². The van der Waals surface area contributed by atoms with Gasteiger partial charge in [-0.2, -0.15) is 4.98 Å². The van der Waals surface area contributed by atoms with Crippen LogP contribution in [-0.4, -0.2) is 40.3 Å². The van der Waals surface area contributed by atoms with Crippen molar-refractivity contribution >= 4 is 40.2 Å². The first-order chi connectivity index (χ1) is 13.9. The summed E-state index contributed by atoms with van der Waals surface area (Å²) >= 11 is 6.94. The number of nitrogens with zero attached hydrogens (tertiary/aromatic N) is 3. The molecule has 2 amide bonds. The van der Waals surface area contributed by atoms with Gasteiger partial charge in [-0.1, -0.05) is 28.9 Å². The van der Waals surface area contributed by atoms with E-state index in [1.54, 1.807) is 56.6 Å². The topological polar surface area (TPSA) is 88.3 Å². The molecule has 0 spiro atoms. The lowest BCUT2D eigenvalue weighted by molar-refractivity contribution is -0.116. The molecule has 1 N–H and O–H groups in total. The number of hydrogen-bond acceptors (Lipinski definition) is 6. The van der Waals surface area contributed by atoms with E-state index >= 15 is 0 Å². The van der Waals surface area contributed by atoms with E-state index in [9.17, 15) is 9.59 Å². The predicted octanol–water partition coefficient (Wildman–Crippen LogP) is 4.74. The van der Waals surface area contributed by atoms with E-state index < -0.39 is 0 Å². The number of aryl methyl sites for hydroxylation is 1. The SMILES string of the molecule is CN(C)C(=O)Sc1ccccc1NC(=O)CCc1nc(-c2ccc(Cl)cc2)no1. The molecular weight excluding hydrogens is 412 g/mol. The fourth-order valence-electron chi connectivity index (χ4n) is 2.35. The molecule has 1 aromatic heterocycles. The van der Waals surface area contributed by atoms with E-state index in [0.717, 1.165) is 17.3 Å². The van der Waals surface area contributed by atoms with Crippen LogP contribution in [-0.2, 0) is 11.2 Å². The minimum Gasteiger partial charge on any atom is -0.339 e. The third-order valence-electron chi connectivity index (χ3n) is 3.86. The van der Waals surface area contributed by atoms with Crippen molar-refractivity contribution in [3.8, 4) is 11.4 Å². The van der Waals surface area contributed by atoms with Gasteiger partial charge >= 0.3 is 0 Å². The highest BCUT2D eigenvalue weighted by molar-refractivity contribution is 8.13. The Morgan fingerprint density at radius 1 is 1.14 bits per heavy atom. The molecule has 29 heavy (non-hydrogen) atoms. The standard InChI is InChI=1S/C20H19ClN4O3S/c1-25(2)20(27)29-16-6-4-3-5-15(16)22-17(26)11-12-18-23-19(24-28-18)13-7-9-14(21)10-8-13/h3-10H,11-12H2,1-2H3,(H,22,26). The van der Waals surface area contributed by atoms with Crippen molar-refractivity contribution in [2.24, 2.45) is 0 Å². The van der Waals surface area contributed by atoms with E-state index in [-0.39, 0.29) is 17.6 Å². The van der Waals surface area contributed by atoms with E-state index in [4.69, 9.17) is 16.1 Å². The van der Waals surface area contributed by atoms with Crippen LogP contribution in [0, 0.1) is 0 Å². The fourth-order valence-corrected chi connectivity index (χ4v) is 3.22. The van der Waals surface area contributed by atoms with Gasteiger partial charge in [-0.15, -0.1) is 0 Å². The van der Waals surface area contributed by atoms with Crippen molar-refractivity contribution in [1.82, 2.24) is 15.0 Å². The molecule has 0 saturated carbocycles. The smallest absolute Gasteiger partial charge is 0.286 e. The van der Waals surface area contributed by atoms with Crippen LogP contribution in [0.3, 0.4) is 0 Å². The molecule has 0 aliphatic heterocycles. The van der Waals surface area contributed by atoms with Crippen molar-refractivity contribution in [1.29, 1.82) is 0 Å². The number of amides is 2. The lowest BCUT2D eigenvalue weighted by Crippen LogP contribution is -2.17. The summed E-state index contributed by atoms with van der Waals surface area (Å²) in [5.74, 6) is 0.609. The fraction of sp³-hybridized carbons (Fsp3) is 0.200. The second-order valence-electron chi connectivity index (χ2n) is 6.33. The molecule has 150 valence electrons. The van der Waals surface area contributed by atoms with Crippen molar-refractivity contribution in [2.45, 2.75) is 17.7 Å². The zero-order valence-corrected chi connectivity index (χ0v) is 17.5. The normalized spacial score (nSPS) is 10.6. The summed E-state index contributed by atoms with van der Waals surface area (Å²) in [7, 11) is 3.36. The number of para-hydroxylation sites is 1. The summed E-state index contributed by atoms with van der Waals surface area (Å²) in [6.07, 6.45) is 0.473. The van der Waals surface area contributed by atoms with Gasteiger partial charge in [0.25, 0.3) is 5.24 Å². The molecule has 7 nitrogen and oxygen atoms in total.